The average Bonchev–Trinajstić information content (AvgIpc) is 2.81. The maximum atomic E-state index is 12.7. The SMILES string of the molecule is Cn1c(=O)n(C2CCC(=O)NC2=O)c2cccc(CCCC=O)c21. The number of carbonyl (C=O) groups is 3. The molecule has 1 saturated heterocycles. The normalized spacial score (nSPS) is 18.0. The maximum absolute atomic E-state index is 12.7. The molecular formula is C17H19N3O4. The minimum absolute atomic E-state index is 0.220. The van der Waals surface area contributed by atoms with Crippen LogP contribution in [0, 0.1) is 0 Å². The van der Waals surface area contributed by atoms with Crippen molar-refractivity contribution in [2.45, 2.75) is 38.1 Å². The second-order valence-electron chi connectivity index (χ2n) is 6.02. The summed E-state index contributed by atoms with van der Waals surface area (Å²) in [6.07, 6.45) is 3.28. The fourth-order valence-electron chi connectivity index (χ4n) is 3.33. The third kappa shape index (κ3) is 2.66. The number of carbonyl (C=O) groups excluding carboxylic acids is 3. The van der Waals surface area contributed by atoms with Gasteiger partial charge < -0.3 is 4.79 Å². The highest BCUT2D eigenvalue weighted by Crippen LogP contribution is 2.25. The summed E-state index contributed by atoms with van der Waals surface area (Å²) in [6.45, 7) is 0. The Morgan fingerprint density at radius 1 is 1.29 bits per heavy atom. The number of amides is 2. The molecule has 1 N–H and O–H groups in total. The van der Waals surface area contributed by atoms with Gasteiger partial charge in [0.05, 0.1) is 11.0 Å². The third-order valence-electron chi connectivity index (χ3n) is 4.48. The van der Waals surface area contributed by atoms with Gasteiger partial charge >= 0.3 is 5.69 Å². The molecule has 7 heteroatoms. The second kappa shape index (κ2) is 6.43. The number of imidazole rings is 1. The zero-order valence-electron chi connectivity index (χ0n) is 13.4. The van der Waals surface area contributed by atoms with E-state index in [0.717, 1.165) is 17.4 Å². The first-order valence-corrected chi connectivity index (χ1v) is 8.00. The molecule has 1 aromatic heterocycles. The summed E-state index contributed by atoms with van der Waals surface area (Å²) >= 11 is 0. The molecule has 1 aromatic carbocycles. The Kier molecular flexibility index (Phi) is 4.33. The van der Waals surface area contributed by atoms with Crippen molar-refractivity contribution in [2.24, 2.45) is 7.05 Å². The molecule has 24 heavy (non-hydrogen) atoms. The van der Waals surface area contributed by atoms with Gasteiger partial charge in [-0.3, -0.25) is 24.0 Å². The summed E-state index contributed by atoms with van der Waals surface area (Å²) in [7, 11) is 1.68. The Labute approximate surface area is 138 Å². The minimum atomic E-state index is -0.677. The molecule has 0 radical (unpaired) electrons. The average molecular weight is 329 g/mol. The molecule has 2 heterocycles. The lowest BCUT2D eigenvalue weighted by molar-refractivity contribution is -0.135. The number of unbranched alkanes of at least 4 members (excludes halogenated alkanes) is 1. The van der Waals surface area contributed by atoms with Crippen LogP contribution in [-0.4, -0.2) is 27.2 Å². The van der Waals surface area contributed by atoms with Gasteiger partial charge in [0.25, 0.3) is 0 Å². The molecule has 0 bridgehead atoms. The van der Waals surface area contributed by atoms with E-state index in [2.05, 4.69) is 5.32 Å². The molecule has 3 rings (SSSR count). The highest BCUT2D eigenvalue weighted by atomic mass is 16.2. The lowest BCUT2D eigenvalue weighted by atomic mass is 10.0. The van der Waals surface area contributed by atoms with Crippen LogP contribution < -0.4 is 11.0 Å². The number of hydrogen-bond acceptors (Lipinski definition) is 4. The van der Waals surface area contributed by atoms with Crippen LogP contribution in [0.1, 0.15) is 37.3 Å². The molecule has 0 spiro atoms. The molecular weight excluding hydrogens is 310 g/mol. The first kappa shape index (κ1) is 16.2. The highest BCUT2D eigenvalue weighted by Gasteiger charge is 2.31. The number of aldehydes is 1. The Balaban J connectivity index is 2.09. The van der Waals surface area contributed by atoms with Gasteiger partial charge in [-0.2, -0.15) is 0 Å². The topological polar surface area (TPSA) is 90.2 Å². The predicted molar refractivity (Wildman–Crippen MR) is 87.6 cm³/mol. The fourth-order valence-corrected chi connectivity index (χ4v) is 3.33. The number of nitrogens with zero attached hydrogens (tertiary/aromatic N) is 2. The molecule has 0 aliphatic carbocycles. The molecule has 126 valence electrons. The van der Waals surface area contributed by atoms with Crippen molar-refractivity contribution in [2.75, 3.05) is 0 Å². The summed E-state index contributed by atoms with van der Waals surface area (Å²) in [5.74, 6) is -0.744. The van der Waals surface area contributed by atoms with Gasteiger partial charge in [-0.15, -0.1) is 0 Å². The molecule has 7 nitrogen and oxygen atoms in total. The molecule has 1 fully saturated rings. The monoisotopic (exact) mass is 329 g/mol. The zero-order valence-corrected chi connectivity index (χ0v) is 13.4. The molecule has 2 amide bonds. The number of fused-ring (bicyclic) bond motifs is 1. The summed E-state index contributed by atoms with van der Waals surface area (Å²) in [5.41, 5.74) is 2.15. The summed E-state index contributed by atoms with van der Waals surface area (Å²) in [6, 6.07) is 4.91. The third-order valence-corrected chi connectivity index (χ3v) is 4.48. The van der Waals surface area contributed by atoms with Crippen molar-refractivity contribution < 1.29 is 14.4 Å². The van der Waals surface area contributed by atoms with Crippen molar-refractivity contribution in [1.29, 1.82) is 0 Å². The van der Waals surface area contributed by atoms with Gasteiger partial charge in [-0.05, 0) is 30.9 Å². The van der Waals surface area contributed by atoms with E-state index in [1.165, 1.54) is 9.13 Å². The van der Waals surface area contributed by atoms with E-state index in [4.69, 9.17) is 0 Å². The van der Waals surface area contributed by atoms with E-state index in [1.807, 2.05) is 18.2 Å². The number of hydrogen-bond donors (Lipinski definition) is 1. The first-order valence-electron chi connectivity index (χ1n) is 8.00. The second-order valence-corrected chi connectivity index (χ2v) is 6.02. The van der Waals surface area contributed by atoms with Crippen LogP contribution in [0.4, 0.5) is 0 Å². The lowest BCUT2D eigenvalue weighted by Crippen LogP contribution is -2.44. The van der Waals surface area contributed by atoms with E-state index < -0.39 is 11.9 Å². The van der Waals surface area contributed by atoms with Crippen molar-refractivity contribution in [3.8, 4) is 0 Å². The predicted octanol–water partition coefficient (Wildman–Crippen LogP) is 0.839. The first-order chi connectivity index (χ1) is 11.5. The molecule has 1 atom stereocenters. The van der Waals surface area contributed by atoms with Crippen molar-refractivity contribution >= 4 is 29.1 Å². The van der Waals surface area contributed by atoms with Crippen LogP contribution in [0.2, 0.25) is 0 Å². The van der Waals surface area contributed by atoms with Crippen LogP contribution in [0.25, 0.3) is 11.0 Å². The fraction of sp³-hybridized carbons (Fsp3) is 0.412. The Hall–Kier alpha value is -2.70. The number of aryl methyl sites for hydroxylation is 2. The number of para-hydroxylation sites is 1. The highest BCUT2D eigenvalue weighted by molar-refractivity contribution is 6.00. The smallest absolute Gasteiger partial charge is 0.303 e. The van der Waals surface area contributed by atoms with Gasteiger partial charge in [0.1, 0.15) is 12.3 Å². The summed E-state index contributed by atoms with van der Waals surface area (Å²) < 4.78 is 3.01. The number of piperidine rings is 1. The Morgan fingerprint density at radius 3 is 2.79 bits per heavy atom. The van der Waals surface area contributed by atoms with Crippen molar-refractivity contribution in [3.05, 3.63) is 34.2 Å². The van der Waals surface area contributed by atoms with E-state index in [9.17, 15) is 19.2 Å². The van der Waals surface area contributed by atoms with Crippen LogP contribution in [0.5, 0.6) is 0 Å². The summed E-state index contributed by atoms with van der Waals surface area (Å²) in [4.78, 5) is 46.7. The van der Waals surface area contributed by atoms with E-state index in [-0.39, 0.29) is 18.0 Å². The maximum Gasteiger partial charge on any atom is 0.329 e. The van der Waals surface area contributed by atoms with E-state index >= 15 is 0 Å². The number of rotatable bonds is 5. The quantitative estimate of drug-likeness (QED) is 0.500. The Bertz CT molecular complexity index is 878. The van der Waals surface area contributed by atoms with Crippen LogP contribution in [0.3, 0.4) is 0 Å². The van der Waals surface area contributed by atoms with Crippen LogP contribution >= 0.6 is 0 Å². The number of aromatic nitrogens is 2. The van der Waals surface area contributed by atoms with Gasteiger partial charge in [-0.1, -0.05) is 12.1 Å². The molecule has 1 unspecified atom stereocenters. The van der Waals surface area contributed by atoms with Crippen molar-refractivity contribution in [1.82, 2.24) is 14.5 Å². The van der Waals surface area contributed by atoms with Gasteiger partial charge in [-0.25, -0.2) is 4.79 Å². The van der Waals surface area contributed by atoms with E-state index in [0.29, 0.717) is 31.2 Å². The molecule has 1 aliphatic heterocycles. The number of nitrogens with one attached hydrogen (secondary N) is 1. The Morgan fingerprint density at radius 2 is 2.08 bits per heavy atom. The molecule has 2 aromatic rings. The van der Waals surface area contributed by atoms with Crippen LogP contribution in [0.15, 0.2) is 23.0 Å². The van der Waals surface area contributed by atoms with Crippen LogP contribution in [-0.2, 0) is 27.9 Å². The van der Waals surface area contributed by atoms with Gasteiger partial charge in [0.15, 0.2) is 0 Å². The lowest BCUT2D eigenvalue weighted by Gasteiger charge is -2.21. The standard InChI is InChI=1S/C17H19N3O4/c1-19-15-11(5-2-3-10-21)6-4-7-12(15)20(17(19)24)13-8-9-14(22)18-16(13)23/h4,6-7,10,13H,2-3,5,8-9H2,1H3,(H,18,22,23). The molecule has 1 aliphatic rings. The minimum Gasteiger partial charge on any atom is -0.303 e. The van der Waals surface area contributed by atoms with Gasteiger partial charge in [0, 0.05) is 19.9 Å². The molecule has 0 saturated carbocycles. The van der Waals surface area contributed by atoms with E-state index in [1.54, 1.807) is 7.05 Å². The van der Waals surface area contributed by atoms with Gasteiger partial charge in [0.2, 0.25) is 11.8 Å². The largest absolute Gasteiger partial charge is 0.329 e. The van der Waals surface area contributed by atoms with Crippen molar-refractivity contribution in [3.63, 3.8) is 0 Å². The summed E-state index contributed by atoms with van der Waals surface area (Å²) in [5, 5.41) is 2.30. The number of benzene rings is 1. The number of imide groups is 1. The zero-order chi connectivity index (χ0) is 17.3.